The molecule has 7 nitrogen and oxygen atoms in total. The minimum Gasteiger partial charge on any atom is -0.399 e. The van der Waals surface area contributed by atoms with Crippen molar-refractivity contribution in [3.05, 3.63) is 36.1 Å². The van der Waals surface area contributed by atoms with E-state index in [1.807, 2.05) is 52.0 Å². The van der Waals surface area contributed by atoms with Gasteiger partial charge in [-0.25, -0.2) is 0 Å². The van der Waals surface area contributed by atoms with Crippen molar-refractivity contribution < 1.29 is 23.7 Å². The van der Waals surface area contributed by atoms with Crippen LogP contribution in [0.25, 0.3) is 11.3 Å². The third kappa shape index (κ3) is 2.87. The molecule has 1 amide bonds. The molecule has 2 fully saturated rings. The van der Waals surface area contributed by atoms with Crippen LogP contribution in [0.3, 0.4) is 0 Å². The zero-order valence-electron chi connectivity index (χ0n) is 16.9. The minimum atomic E-state index is -1.65. The van der Waals surface area contributed by atoms with E-state index in [1.165, 1.54) is 4.90 Å². The van der Waals surface area contributed by atoms with Crippen molar-refractivity contribution in [1.82, 2.24) is 10.1 Å². The molecule has 2 aromatic rings. The summed E-state index contributed by atoms with van der Waals surface area (Å²) in [4.78, 5) is 13.8. The lowest BCUT2D eigenvalue weighted by Crippen LogP contribution is -2.41. The third-order valence-electron chi connectivity index (χ3n) is 6.14. The summed E-state index contributed by atoms with van der Waals surface area (Å²) in [6.45, 7) is 8.52. The van der Waals surface area contributed by atoms with Gasteiger partial charge in [-0.1, -0.05) is 29.4 Å². The molecule has 0 bridgehead atoms. The third-order valence-corrected chi connectivity index (χ3v) is 6.14. The summed E-state index contributed by atoms with van der Waals surface area (Å²) in [6.07, 6.45) is 0.283. The highest BCUT2D eigenvalue weighted by molar-refractivity contribution is 6.62. The van der Waals surface area contributed by atoms with Crippen molar-refractivity contribution in [2.24, 2.45) is 0 Å². The summed E-state index contributed by atoms with van der Waals surface area (Å²) in [5.74, 6) is -0.209. The number of carbonyl (C=O) groups is 1. The Morgan fingerprint density at radius 1 is 1.14 bits per heavy atom. The molecular weight excluding hydrogens is 359 g/mol. The highest BCUT2D eigenvalue weighted by Crippen LogP contribution is 2.37. The normalized spacial score (nSPS) is 26.3. The number of likely N-dealkylation sites (tertiary alicyclic amines) is 1. The summed E-state index contributed by atoms with van der Waals surface area (Å²) in [6, 6.07) is 9.28. The summed E-state index contributed by atoms with van der Waals surface area (Å²) in [5.41, 5.74) is -0.284. The number of carbonyl (C=O) groups excluding carboxylic acids is 1. The Morgan fingerprint density at radius 3 is 2.43 bits per heavy atom. The second kappa shape index (κ2) is 6.17. The summed E-state index contributed by atoms with van der Waals surface area (Å²) in [5, 5.41) is 14.8. The first-order valence-corrected chi connectivity index (χ1v) is 9.45. The molecule has 1 aromatic heterocycles. The standard InChI is InChI=1S/C20H25BN2O5/c1-18(2)19(3,4)28-21(27-18)14-8-6-7-13(11-14)15-12-16(26-22-15)20(25)9-10-23(5)17(20)24/h6-8,11-12,25H,9-10H2,1-5H3/t20-/m1/s1. The minimum absolute atomic E-state index is 0.165. The SMILES string of the molecule is CN1CC[C@@](O)(c2cc(-c3cccc(B4OC(C)(C)C(C)(C)O4)c3)no2)C1=O. The summed E-state index contributed by atoms with van der Waals surface area (Å²) >= 11 is 0. The topological polar surface area (TPSA) is 85.0 Å². The van der Waals surface area contributed by atoms with Crippen LogP contribution < -0.4 is 5.46 Å². The first-order valence-electron chi connectivity index (χ1n) is 9.45. The largest absolute Gasteiger partial charge is 0.494 e. The van der Waals surface area contributed by atoms with Gasteiger partial charge in [-0.3, -0.25) is 4.79 Å². The fourth-order valence-electron chi connectivity index (χ4n) is 3.51. The van der Waals surface area contributed by atoms with E-state index in [0.717, 1.165) is 11.0 Å². The Labute approximate surface area is 164 Å². The summed E-state index contributed by atoms with van der Waals surface area (Å²) < 4.78 is 17.6. The summed E-state index contributed by atoms with van der Waals surface area (Å²) in [7, 11) is 1.18. The highest BCUT2D eigenvalue weighted by Gasteiger charge is 2.52. The van der Waals surface area contributed by atoms with E-state index < -0.39 is 23.9 Å². The molecule has 0 unspecified atom stereocenters. The average Bonchev–Trinajstić information content (AvgIpc) is 3.29. The van der Waals surface area contributed by atoms with Crippen LogP contribution >= 0.6 is 0 Å². The van der Waals surface area contributed by atoms with Gasteiger partial charge in [-0.2, -0.15) is 0 Å². The number of nitrogens with zero attached hydrogens (tertiary/aromatic N) is 2. The molecule has 28 heavy (non-hydrogen) atoms. The van der Waals surface area contributed by atoms with Crippen molar-refractivity contribution >= 4 is 18.5 Å². The van der Waals surface area contributed by atoms with Gasteiger partial charge in [0.25, 0.3) is 5.91 Å². The van der Waals surface area contributed by atoms with Crippen LogP contribution in [0.1, 0.15) is 39.9 Å². The Kier molecular flexibility index (Phi) is 4.23. The molecule has 8 heteroatoms. The van der Waals surface area contributed by atoms with Crippen molar-refractivity contribution in [2.45, 2.75) is 50.9 Å². The number of benzene rings is 1. The van der Waals surface area contributed by atoms with Crippen LogP contribution in [0.4, 0.5) is 0 Å². The molecule has 4 rings (SSSR count). The van der Waals surface area contributed by atoms with Gasteiger partial charge in [-0.05, 0) is 33.2 Å². The fourth-order valence-corrected chi connectivity index (χ4v) is 3.51. The Bertz CT molecular complexity index is 909. The van der Waals surface area contributed by atoms with E-state index in [-0.39, 0.29) is 18.1 Å². The number of amides is 1. The van der Waals surface area contributed by atoms with E-state index in [0.29, 0.717) is 12.2 Å². The molecule has 1 N–H and O–H groups in total. The van der Waals surface area contributed by atoms with Gasteiger partial charge < -0.3 is 23.8 Å². The van der Waals surface area contributed by atoms with Crippen LogP contribution in [-0.4, -0.2) is 53.0 Å². The molecule has 2 saturated heterocycles. The van der Waals surface area contributed by atoms with Gasteiger partial charge >= 0.3 is 7.12 Å². The van der Waals surface area contributed by atoms with Crippen LogP contribution in [0.2, 0.25) is 0 Å². The van der Waals surface area contributed by atoms with E-state index in [2.05, 4.69) is 5.16 Å². The van der Waals surface area contributed by atoms with E-state index in [1.54, 1.807) is 13.1 Å². The van der Waals surface area contributed by atoms with E-state index in [9.17, 15) is 9.90 Å². The number of aliphatic hydroxyl groups is 1. The number of likely N-dealkylation sites (N-methyl/N-ethyl adjacent to an activating group) is 1. The Hall–Kier alpha value is -2.16. The second-order valence-corrected chi connectivity index (χ2v) is 8.63. The monoisotopic (exact) mass is 384 g/mol. The van der Waals surface area contributed by atoms with Crippen LogP contribution in [0.5, 0.6) is 0 Å². The molecule has 1 aromatic carbocycles. The van der Waals surface area contributed by atoms with Crippen LogP contribution in [-0.2, 0) is 19.7 Å². The van der Waals surface area contributed by atoms with Gasteiger partial charge in [0.1, 0.15) is 5.69 Å². The zero-order valence-corrected chi connectivity index (χ0v) is 16.9. The second-order valence-electron chi connectivity index (χ2n) is 8.63. The van der Waals surface area contributed by atoms with Crippen molar-refractivity contribution in [3.8, 4) is 11.3 Å². The van der Waals surface area contributed by atoms with Crippen LogP contribution in [0, 0.1) is 0 Å². The van der Waals surface area contributed by atoms with Gasteiger partial charge in [0.2, 0.25) is 5.60 Å². The molecule has 0 spiro atoms. The molecule has 0 aliphatic carbocycles. The first-order chi connectivity index (χ1) is 13.0. The highest BCUT2D eigenvalue weighted by atomic mass is 16.7. The van der Waals surface area contributed by atoms with Gasteiger partial charge in [0, 0.05) is 31.6 Å². The predicted octanol–water partition coefficient (Wildman–Crippen LogP) is 1.69. The first kappa shape index (κ1) is 19.2. The van der Waals surface area contributed by atoms with Gasteiger partial charge in [0.15, 0.2) is 5.76 Å². The number of hydrogen-bond acceptors (Lipinski definition) is 6. The molecule has 1 atom stereocenters. The van der Waals surface area contributed by atoms with Crippen molar-refractivity contribution in [1.29, 1.82) is 0 Å². The molecule has 2 aliphatic rings. The number of rotatable bonds is 3. The lowest BCUT2D eigenvalue weighted by atomic mass is 9.78. The molecule has 3 heterocycles. The van der Waals surface area contributed by atoms with Crippen molar-refractivity contribution in [2.75, 3.05) is 13.6 Å². The molecule has 2 aliphatic heterocycles. The maximum absolute atomic E-state index is 12.3. The maximum atomic E-state index is 12.3. The predicted molar refractivity (Wildman–Crippen MR) is 104 cm³/mol. The van der Waals surface area contributed by atoms with E-state index >= 15 is 0 Å². The molecule has 0 radical (unpaired) electrons. The average molecular weight is 384 g/mol. The fraction of sp³-hybridized carbons (Fsp3) is 0.500. The lowest BCUT2D eigenvalue weighted by Gasteiger charge is -2.32. The Morgan fingerprint density at radius 2 is 1.82 bits per heavy atom. The lowest BCUT2D eigenvalue weighted by molar-refractivity contribution is -0.144. The molecular formula is C20H25BN2O5. The number of aromatic nitrogens is 1. The smallest absolute Gasteiger partial charge is 0.399 e. The Balaban J connectivity index is 1.62. The zero-order chi connectivity index (χ0) is 20.3. The van der Waals surface area contributed by atoms with Gasteiger partial charge in [-0.15, -0.1) is 0 Å². The quantitative estimate of drug-likeness (QED) is 0.811. The van der Waals surface area contributed by atoms with Crippen molar-refractivity contribution in [3.63, 3.8) is 0 Å². The maximum Gasteiger partial charge on any atom is 0.494 e. The molecule has 148 valence electrons. The number of hydrogen-bond donors (Lipinski definition) is 1. The molecule has 0 saturated carbocycles. The van der Waals surface area contributed by atoms with Crippen LogP contribution in [0.15, 0.2) is 34.9 Å². The van der Waals surface area contributed by atoms with E-state index in [4.69, 9.17) is 13.8 Å². The van der Waals surface area contributed by atoms with Gasteiger partial charge in [0.05, 0.1) is 11.2 Å².